The van der Waals surface area contributed by atoms with E-state index in [-0.39, 0.29) is 10.7 Å². The Morgan fingerprint density at radius 1 is 1.37 bits per heavy atom. The molecule has 0 bridgehead atoms. The van der Waals surface area contributed by atoms with Gasteiger partial charge in [0.15, 0.2) is 5.15 Å². The maximum absolute atomic E-state index is 12.8. The Morgan fingerprint density at radius 2 is 2.05 bits per heavy atom. The topological polar surface area (TPSA) is 41.6 Å². The summed E-state index contributed by atoms with van der Waals surface area (Å²) in [7, 11) is 0. The highest BCUT2D eigenvalue weighted by atomic mass is 35.5. The van der Waals surface area contributed by atoms with E-state index >= 15 is 0 Å². The van der Waals surface area contributed by atoms with Gasteiger partial charge in [0, 0.05) is 0 Å². The van der Waals surface area contributed by atoms with Crippen LogP contribution in [0.3, 0.4) is 0 Å². The lowest BCUT2D eigenvalue weighted by molar-refractivity contribution is 0.145. The lowest BCUT2D eigenvalue weighted by atomic mass is 10.1. The predicted molar refractivity (Wildman–Crippen MR) is 67.7 cm³/mol. The zero-order valence-corrected chi connectivity index (χ0v) is 11.0. The highest BCUT2D eigenvalue weighted by Gasteiger charge is 2.24. The summed E-state index contributed by atoms with van der Waals surface area (Å²) in [4.78, 5) is 0. The van der Waals surface area contributed by atoms with Crippen molar-refractivity contribution in [2.24, 2.45) is 0 Å². The van der Waals surface area contributed by atoms with Gasteiger partial charge in [-0.05, 0) is 31.0 Å². The van der Waals surface area contributed by atoms with Crippen molar-refractivity contribution in [3.63, 3.8) is 0 Å². The third kappa shape index (κ3) is 2.32. The maximum atomic E-state index is 12.8. The van der Waals surface area contributed by atoms with E-state index in [1.54, 1.807) is 12.1 Å². The summed E-state index contributed by atoms with van der Waals surface area (Å²) < 4.78 is 26.8. The lowest BCUT2D eigenvalue weighted by Crippen LogP contribution is -2.00. The fraction of sp³-hybridized carbons (Fsp3) is 0.231. The molecule has 0 aliphatic carbocycles. The van der Waals surface area contributed by atoms with Crippen LogP contribution < -0.4 is 0 Å². The summed E-state index contributed by atoms with van der Waals surface area (Å²) in [6, 6.07) is 7.20. The van der Waals surface area contributed by atoms with Gasteiger partial charge in [-0.25, -0.2) is 13.5 Å². The van der Waals surface area contributed by atoms with Gasteiger partial charge in [0.05, 0.1) is 5.69 Å². The van der Waals surface area contributed by atoms with Crippen molar-refractivity contribution < 1.29 is 8.78 Å². The Bertz CT molecular complexity index is 671. The SMILES string of the molecule is Cc1ccc(C)c(-n2nc(C(F)F)c(C#N)c2Cl)c1. The number of benzene rings is 1. The molecule has 1 heterocycles. The number of aromatic nitrogens is 2. The molecule has 0 amide bonds. The molecule has 2 rings (SSSR count). The molecular formula is C13H10ClF2N3. The molecular weight excluding hydrogens is 272 g/mol. The van der Waals surface area contributed by atoms with Crippen LogP contribution in [0.1, 0.15) is 28.8 Å². The van der Waals surface area contributed by atoms with Crippen molar-refractivity contribution in [1.82, 2.24) is 9.78 Å². The molecule has 0 N–H and O–H groups in total. The van der Waals surface area contributed by atoms with E-state index < -0.39 is 12.1 Å². The minimum atomic E-state index is -2.83. The fourth-order valence-corrected chi connectivity index (χ4v) is 2.04. The van der Waals surface area contributed by atoms with Crippen molar-refractivity contribution in [2.45, 2.75) is 20.3 Å². The van der Waals surface area contributed by atoms with Crippen LogP contribution >= 0.6 is 11.6 Å². The molecule has 0 spiro atoms. The first-order valence-corrected chi connectivity index (χ1v) is 5.87. The van der Waals surface area contributed by atoms with Crippen LogP contribution in [0, 0.1) is 25.2 Å². The molecule has 3 nitrogen and oxygen atoms in total. The standard InChI is InChI=1S/C13H10ClF2N3/c1-7-3-4-8(2)10(5-7)19-12(14)9(6-17)11(18-19)13(15)16/h3-5,13H,1-2H3. The van der Waals surface area contributed by atoms with Crippen molar-refractivity contribution in [2.75, 3.05) is 0 Å². The Morgan fingerprint density at radius 3 is 2.58 bits per heavy atom. The summed E-state index contributed by atoms with van der Waals surface area (Å²) >= 11 is 5.98. The Hall–Kier alpha value is -1.93. The molecule has 2 aromatic rings. The number of aryl methyl sites for hydroxylation is 2. The van der Waals surface area contributed by atoms with Crippen molar-refractivity contribution in [3.05, 3.63) is 45.7 Å². The predicted octanol–water partition coefficient (Wildman–Crippen LogP) is 3.95. The van der Waals surface area contributed by atoms with E-state index in [1.165, 1.54) is 4.68 Å². The van der Waals surface area contributed by atoms with E-state index in [0.29, 0.717) is 5.69 Å². The zero-order valence-electron chi connectivity index (χ0n) is 10.3. The smallest absolute Gasteiger partial charge is 0.220 e. The second-order valence-corrected chi connectivity index (χ2v) is 4.52. The van der Waals surface area contributed by atoms with Crippen LogP contribution in [-0.2, 0) is 0 Å². The van der Waals surface area contributed by atoms with Gasteiger partial charge in [-0.3, -0.25) is 0 Å². The molecule has 0 aliphatic heterocycles. The summed E-state index contributed by atoms with van der Waals surface area (Å²) in [5, 5.41) is 12.6. The third-order valence-corrected chi connectivity index (χ3v) is 3.12. The minimum absolute atomic E-state index is 0.0912. The number of rotatable bonds is 2. The number of hydrogen-bond acceptors (Lipinski definition) is 2. The van der Waals surface area contributed by atoms with Gasteiger partial charge in [0.1, 0.15) is 17.3 Å². The fourth-order valence-electron chi connectivity index (χ4n) is 1.78. The molecule has 0 radical (unpaired) electrons. The average Bonchev–Trinajstić information content (AvgIpc) is 2.69. The second kappa shape index (κ2) is 4.98. The third-order valence-electron chi connectivity index (χ3n) is 2.77. The second-order valence-electron chi connectivity index (χ2n) is 4.17. The largest absolute Gasteiger partial charge is 0.283 e. The first kappa shape index (κ1) is 13.5. The van der Waals surface area contributed by atoms with Gasteiger partial charge in [0.25, 0.3) is 6.43 Å². The molecule has 0 saturated carbocycles. The number of alkyl halides is 2. The van der Waals surface area contributed by atoms with Crippen molar-refractivity contribution in [3.8, 4) is 11.8 Å². The summed E-state index contributed by atoms with van der Waals surface area (Å²) in [5.41, 5.74) is 1.50. The number of nitriles is 1. The van der Waals surface area contributed by atoms with E-state index in [1.807, 2.05) is 26.0 Å². The number of halogens is 3. The lowest BCUT2D eigenvalue weighted by Gasteiger charge is -2.08. The molecule has 0 saturated heterocycles. The summed E-state index contributed by atoms with van der Waals surface area (Å²) in [6.45, 7) is 3.69. The van der Waals surface area contributed by atoms with Crippen LogP contribution in [0.5, 0.6) is 0 Å². The van der Waals surface area contributed by atoms with Crippen LogP contribution in [0.4, 0.5) is 8.78 Å². The van der Waals surface area contributed by atoms with Crippen LogP contribution in [0.2, 0.25) is 5.15 Å². The van der Waals surface area contributed by atoms with Crippen molar-refractivity contribution in [1.29, 1.82) is 5.26 Å². The zero-order chi connectivity index (χ0) is 14.2. The average molecular weight is 282 g/mol. The quantitative estimate of drug-likeness (QED) is 0.836. The maximum Gasteiger partial charge on any atom is 0.283 e. The Kier molecular flexibility index (Phi) is 3.54. The van der Waals surface area contributed by atoms with E-state index in [2.05, 4.69) is 5.10 Å². The monoisotopic (exact) mass is 281 g/mol. The normalized spacial score (nSPS) is 10.8. The van der Waals surface area contributed by atoms with Gasteiger partial charge >= 0.3 is 0 Å². The van der Waals surface area contributed by atoms with Crippen LogP contribution in [-0.4, -0.2) is 9.78 Å². The first-order valence-electron chi connectivity index (χ1n) is 5.50. The molecule has 1 aromatic heterocycles. The van der Waals surface area contributed by atoms with Crippen LogP contribution in [0.15, 0.2) is 18.2 Å². The summed E-state index contributed by atoms with van der Waals surface area (Å²) in [6.07, 6.45) is -2.83. The molecule has 0 unspecified atom stereocenters. The number of hydrogen-bond donors (Lipinski definition) is 0. The van der Waals surface area contributed by atoms with Crippen LogP contribution in [0.25, 0.3) is 5.69 Å². The summed E-state index contributed by atoms with van der Waals surface area (Å²) in [5.74, 6) is 0. The first-order chi connectivity index (χ1) is 8.95. The van der Waals surface area contributed by atoms with Gasteiger partial charge in [-0.2, -0.15) is 10.4 Å². The molecule has 98 valence electrons. The van der Waals surface area contributed by atoms with E-state index in [4.69, 9.17) is 16.9 Å². The molecule has 0 atom stereocenters. The highest BCUT2D eigenvalue weighted by molar-refractivity contribution is 6.31. The van der Waals surface area contributed by atoms with Crippen molar-refractivity contribution >= 4 is 11.6 Å². The van der Waals surface area contributed by atoms with E-state index in [0.717, 1.165) is 11.1 Å². The Balaban J connectivity index is 2.70. The molecule has 6 heteroatoms. The Labute approximate surface area is 114 Å². The van der Waals surface area contributed by atoms with Gasteiger partial charge in [-0.15, -0.1) is 0 Å². The highest BCUT2D eigenvalue weighted by Crippen LogP contribution is 2.30. The van der Waals surface area contributed by atoms with Gasteiger partial charge in [0.2, 0.25) is 0 Å². The molecule has 0 fully saturated rings. The molecule has 0 aliphatic rings. The molecule has 1 aromatic carbocycles. The minimum Gasteiger partial charge on any atom is -0.220 e. The van der Waals surface area contributed by atoms with E-state index in [9.17, 15) is 8.78 Å². The molecule has 19 heavy (non-hydrogen) atoms. The number of nitrogens with zero attached hydrogens (tertiary/aromatic N) is 3. The van der Waals surface area contributed by atoms with Gasteiger partial charge in [-0.1, -0.05) is 23.7 Å². The van der Waals surface area contributed by atoms with Gasteiger partial charge < -0.3 is 0 Å².